The van der Waals surface area contributed by atoms with Crippen molar-refractivity contribution in [2.75, 3.05) is 12.4 Å². The predicted molar refractivity (Wildman–Crippen MR) is 117 cm³/mol. The lowest BCUT2D eigenvalue weighted by Gasteiger charge is -2.16. The van der Waals surface area contributed by atoms with Crippen LogP contribution in [0.1, 0.15) is 29.8 Å². The number of aryl methyl sites for hydroxylation is 2. The van der Waals surface area contributed by atoms with E-state index in [4.69, 9.17) is 4.74 Å². The molecule has 0 unspecified atom stereocenters. The minimum Gasteiger partial charge on any atom is -0.479 e. The molecule has 0 saturated heterocycles. The number of nitrogens with one attached hydrogen (secondary N) is 1. The summed E-state index contributed by atoms with van der Waals surface area (Å²) in [7, 11) is 1.61. The van der Waals surface area contributed by atoms with Crippen LogP contribution in [0.3, 0.4) is 0 Å². The average Bonchev–Trinajstić information content (AvgIpc) is 3.21. The summed E-state index contributed by atoms with van der Waals surface area (Å²) in [6, 6.07) is 16.2. The Morgan fingerprint density at radius 2 is 1.80 bits per heavy atom. The smallest absolute Gasteiger partial charge is 0.238 e. The highest BCUT2D eigenvalue weighted by Crippen LogP contribution is 2.27. The molecule has 1 N–H and O–H groups in total. The minimum absolute atomic E-state index is 0.126. The molecule has 152 valence electrons. The van der Waals surface area contributed by atoms with Crippen LogP contribution in [0.2, 0.25) is 0 Å². The molecule has 4 aromatic rings. The van der Waals surface area contributed by atoms with Crippen LogP contribution in [-0.2, 0) is 0 Å². The third-order valence-electron chi connectivity index (χ3n) is 4.92. The van der Waals surface area contributed by atoms with Crippen molar-refractivity contribution in [3.63, 3.8) is 0 Å². The van der Waals surface area contributed by atoms with E-state index in [2.05, 4.69) is 44.5 Å². The fraction of sp³-hybridized carbons (Fsp3) is 0.217. The normalized spacial score (nSPS) is 11.9. The summed E-state index contributed by atoms with van der Waals surface area (Å²) in [5.74, 6) is 1.26. The Morgan fingerprint density at radius 1 is 1.00 bits per heavy atom. The van der Waals surface area contributed by atoms with Crippen LogP contribution in [0.4, 0.5) is 5.82 Å². The summed E-state index contributed by atoms with van der Waals surface area (Å²) in [4.78, 5) is 8.90. The largest absolute Gasteiger partial charge is 0.479 e. The second kappa shape index (κ2) is 8.32. The van der Waals surface area contributed by atoms with E-state index >= 15 is 0 Å². The molecule has 0 amide bonds. The summed E-state index contributed by atoms with van der Waals surface area (Å²) >= 11 is 0. The molecule has 1 atom stereocenters. The Morgan fingerprint density at radius 3 is 2.47 bits per heavy atom. The van der Waals surface area contributed by atoms with Gasteiger partial charge in [0, 0.05) is 6.20 Å². The number of rotatable bonds is 6. The maximum absolute atomic E-state index is 5.51. The summed E-state index contributed by atoms with van der Waals surface area (Å²) in [5, 5.41) is 12.2. The molecule has 4 rings (SSSR count). The highest BCUT2D eigenvalue weighted by molar-refractivity contribution is 5.61. The highest BCUT2D eigenvalue weighted by Gasteiger charge is 2.14. The van der Waals surface area contributed by atoms with Crippen molar-refractivity contribution < 1.29 is 4.74 Å². The van der Waals surface area contributed by atoms with Crippen LogP contribution in [0, 0.1) is 13.8 Å². The van der Waals surface area contributed by atoms with Crippen LogP contribution in [-0.4, -0.2) is 31.8 Å². The predicted octanol–water partition coefficient (Wildman–Crippen LogP) is 4.52. The SMILES string of the molecule is COc1nc(-c2cc(C)c(N[C@H](C)c3ccccc3)nn2)ccc1-n1cnc(C)c1. The maximum atomic E-state index is 5.51. The summed E-state index contributed by atoms with van der Waals surface area (Å²) in [6.07, 6.45) is 3.67. The first-order chi connectivity index (χ1) is 14.5. The minimum atomic E-state index is 0.126. The number of nitrogens with zero attached hydrogens (tertiary/aromatic N) is 5. The number of hydrogen-bond donors (Lipinski definition) is 1. The Labute approximate surface area is 175 Å². The van der Waals surface area contributed by atoms with Crippen molar-refractivity contribution in [3.05, 3.63) is 77.9 Å². The zero-order chi connectivity index (χ0) is 21.1. The monoisotopic (exact) mass is 400 g/mol. The summed E-state index contributed by atoms with van der Waals surface area (Å²) in [5.41, 5.74) is 5.33. The maximum Gasteiger partial charge on any atom is 0.238 e. The van der Waals surface area contributed by atoms with Crippen molar-refractivity contribution in [2.45, 2.75) is 26.8 Å². The fourth-order valence-corrected chi connectivity index (χ4v) is 3.26. The number of pyridine rings is 1. The van der Waals surface area contributed by atoms with Gasteiger partial charge in [0.1, 0.15) is 11.4 Å². The van der Waals surface area contributed by atoms with Crippen molar-refractivity contribution in [1.29, 1.82) is 0 Å². The number of anilines is 1. The van der Waals surface area contributed by atoms with Gasteiger partial charge in [-0.3, -0.25) is 0 Å². The third kappa shape index (κ3) is 4.00. The van der Waals surface area contributed by atoms with E-state index in [1.54, 1.807) is 13.4 Å². The zero-order valence-electron chi connectivity index (χ0n) is 17.5. The van der Waals surface area contributed by atoms with Crippen LogP contribution in [0.5, 0.6) is 5.88 Å². The Balaban J connectivity index is 1.59. The molecule has 0 radical (unpaired) electrons. The highest BCUT2D eigenvalue weighted by atomic mass is 16.5. The van der Waals surface area contributed by atoms with E-state index in [1.165, 1.54) is 5.56 Å². The van der Waals surface area contributed by atoms with Crippen molar-refractivity contribution in [2.24, 2.45) is 0 Å². The Hall–Kier alpha value is -3.74. The number of imidazole rings is 1. The van der Waals surface area contributed by atoms with Gasteiger partial charge in [-0.2, -0.15) is 0 Å². The molecule has 0 aliphatic carbocycles. The van der Waals surface area contributed by atoms with E-state index in [9.17, 15) is 0 Å². The molecule has 3 aromatic heterocycles. The Bertz CT molecular complexity index is 1160. The number of hydrogen-bond acceptors (Lipinski definition) is 6. The first-order valence-electron chi connectivity index (χ1n) is 9.77. The van der Waals surface area contributed by atoms with Gasteiger partial charge in [0.05, 0.1) is 30.9 Å². The lowest BCUT2D eigenvalue weighted by molar-refractivity contribution is 0.396. The molecule has 0 bridgehead atoms. The molecule has 7 heteroatoms. The molecule has 0 spiro atoms. The van der Waals surface area contributed by atoms with Gasteiger partial charge in [-0.15, -0.1) is 10.2 Å². The van der Waals surface area contributed by atoms with E-state index in [-0.39, 0.29) is 6.04 Å². The second-order valence-corrected chi connectivity index (χ2v) is 7.19. The van der Waals surface area contributed by atoms with Gasteiger partial charge in [-0.1, -0.05) is 30.3 Å². The van der Waals surface area contributed by atoms with E-state index in [1.807, 2.05) is 61.0 Å². The number of methoxy groups -OCH3 is 1. The van der Waals surface area contributed by atoms with Gasteiger partial charge in [0.15, 0.2) is 5.82 Å². The summed E-state index contributed by atoms with van der Waals surface area (Å²) in [6.45, 7) is 6.06. The zero-order valence-corrected chi connectivity index (χ0v) is 17.5. The lowest BCUT2D eigenvalue weighted by Crippen LogP contribution is -2.10. The van der Waals surface area contributed by atoms with Crippen molar-refractivity contribution in [3.8, 4) is 23.0 Å². The van der Waals surface area contributed by atoms with Gasteiger partial charge in [0.25, 0.3) is 0 Å². The lowest BCUT2D eigenvalue weighted by atomic mass is 10.1. The molecule has 0 aliphatic rings. The molecule has 1 aromatic carbocycles. The van der Waals surface area contributed by atoms with E-state index in [0.29, 0.717) is 17.3 Å². The van der Waals surface area contributed by atoms with Crippen LogP contribution >= 0.6 is 0 Å². The van der Waals surface area contributed by atoms with Gasteiger partial charge in [-0.05, 0) is 50.1 Å². The first kappa shape index (κ1) is 19.6. The number of benzene rings is 1. The van der Waals surface area contributed by atoms with Crippen molar-refractivity contribution in [1.82, 2.24) is 24.7 Å². The van der Waals surface area contributed by atoms with Gasteiger partial charge in [0.2, 0.25) is 5.88 Å². The fourth-order valence-electron chi connectivity index (χ4n) is 3.26. The van der Waals surface area contributed by atoms with Gasteiger partial charge in [-0.25, -0.2) is 9.97 Å². The van der Waals surface area contributed by atoms with Gasteiger partial charge >= 0.3 is 0 Å². The van der Waals surface area contributed by atoms with Crippen LogP contribution in [0.15, 0.2) is 61.1 Å². The number of ether oxygens (including phenoxy) is 1. The van der Waals surface area contributed by atoms with E-state index < -0.39 is 0 Å². The van der Waals surface area contributed by atoms with Crippen LogP contribution < -0.4 is 10.1 Å². The molecule has 7 nitrogen and oxygen atoms in total. The topological polar surface area (TPSA) is 77.8 Å². The molecule has 30 heavy (non-hydrogen) atoms. The standard InChI is InChI=1S/C23H24N6O/c1-15-12-20(27-28-22(15)25-17(3)18-8-6-5-7-9-18)19-10-11-21(23(26-19)30-4)29-13-16(2)24-14-29/h5-14,17H,1-4H3,(H,25,28)/t17-/m1/s1. The molecule has 0 aliphatic heterocycles. The van der Waals surface area contributed by atoms with Crippen LogP contribution in [0.25, 0.3) is 17.1 Å². The third-order valence-corrected chi connectivity index (χ3v) is 4.92. The van der Waals surface area contributed by atoms with Crippen molar-refractivity contribution >= 4 is 5.82 Å². The quantitative estimate of drug-likeness (QED) is 0.513. The molecule has 0 fully saturated rings. The van der Waals surface area contributed by atoms with Gasteiger partial charge < -0.3 is 14.6 Å². The summed E-state index contributed by atoms with van der Waals surface area (Å²) < 4.78 is 7.40. The van der Waals surface area contributed by atoms with E-state index in [0.717, 1.165) is 22.8 Å². The Kier molecular flexibility index (Phi) is 5.43. The molecular weight excluding hydrogens is 376 g/mol. The first-order valence-corrected chi connectivity index (χ1v) is 9.77. The number of aromatic nitrogens is 5. The molecular formula is C23H24N6O. The molecule has 0 saturated carbocycles. The average molecular weight is 400 g/mol. The molecule has 3 heterocycles. The second-order valence-electron chi connectivity index (χ2n) is 7.19.